The molecule has 52 heavy (non-hydrogen) atoms. The van der Waals surface area contributed by atoms with E-state index in [9.17, 15) is 27.2 Å². The number of likely N-dealkylation sites (tertiary alicyclic amines) is 1. The maximum Gasteiger partial charge on any atom is 0.494 e. The molecular formula is C37H52B2ClF4NO7. The Morgan fingerprint density at radius 1 is 0.577 bits per heavy atom. The van der Waals surface area contributed by atoms with Gasteiger partial charge in [-0.15, -0.1) is 12.4 Å². The fraction of sp³-hybridized carbons (Fsp3) is 0.622. The summed E-state index contributed by atoms with van der Waals surface area (Å²) in [5, 5.41) is 8.84. The van der Waals surface area contributed by atoms with Gasteiger partial charge in [0.2, 0.25) is 5.92 Å². The van der Waals surface area contributed by atoms with Crippen LogP contribution in [0.2, 0.25) is 0 Å². The minimum atomic E-state index is -2.66. The molecule has 2 aromatic rings. The minimum Gasteiger partial charge on any atom is -0.478 e. The van der Waals surface area contributed by atoms with Crippen molar-refractivity contribution in [3.05, 3.63) is 59.7 Å². The van der Waals surface area contributed by atoms with Gasteiger partial charge in [0.15, 0.2) is 0 Å². The van der Waals surface area contributed by atoms with Crippen LogP contribution in [-0.2, 0) is 18.6 Å². The number of hydrogen-bond donors (Lipinski definition) is 1. The highest BCUT2D eigenvalue weighted by molar-refractivity contribution is 6.62. The van der Waals surface area contributed by atoms with Crippen molar-refractivity contribution in [1.82, 2.24) is 4.90 Å². The number of aromatic carboxylic acids is 1. The summed E-state index contributed by atoms with van der Waals surface area (Å²) in [7, 11) is -0.930. The molecule has 288 valence electrons. The van der Waals surface area contributed by atoms with Gasteiger partial charge >= 0.3 is 20.2 Å². The highest BCUT2D eigenvalue weighted by atomic mass is 35.5. The molecule has 1 N–H and O–H groups in total. The van der Waals surface area contributed by atoms with Crippen molar-refractivity contribution in [3.8, 4) is 0 Å². The van der Waals surface area contributed by atoms with Gasteiger partial charge in [-0.1, -0.05) is 30.7 Å². The maximum atomic E-state index is 13.2. The number of nitrogens with zero attached hydrogens (tertiary/aromatic N) is 1. The van der Waals surface area contributed by atoms with Gasteiger partial charge in [0.25, 0.3) is 11.8 Å². The Morgan fingerprint density at radius 2 is 0.904 bits per heavy atom. The fourth-order valence-corrected chi connectivity index (χ4v) is 5.81. The third-order valence-corrected chi connectivity index (χ3v) is 10.7. The molecule has 15 heteroatoms. The number of alkyl halides is 4. The Bertz CT molecular complexity index is 1470. The van der Waals surface area contributed by atoms with Crippen molar-refractivity contribution in [3.63, 3.8) is 0 Å². The summed E-state index contributed by atoms with van der Waals surface area (Å²) in [5.41, 5.74) is 0.794. The Kier molecular flexibility index (Phi) is 13.8. The highest BCUT2D eigenvalue weighted by Gasteiger charge is 2.52. The van der Waals surface area contributed by atoms with Gasteiger partial charge in [-0.25, -0.2) is 22.4 Å². The van der Waals surface area contributed by atoms with Crippen LogP contribution < -0.4 is 10.9 Å². The Hall–Kier alpha value is -2.64. The van der Waals surface area contributed by atoms with E-state index in [1.807, 2.05) is 55.4 Å². The number of carboxylic acids is 1. The lowest BCUT2D eigenvalue weighted by Crippen LogP contribution is -2.42. The molecule has 4 aliphatic rings. The van der Waals surface area contributed by atoms with Gasteiger partial charge in [0, 0.05) is 44.3 Å². The van der Waals surface area contributed by atoms with Gasteiger partial charge < -0.3 is 28.6 Å². The zero-order valence-electron chi connectivity index (χ0n) is 31.4. The van der Waals surface area contributed by atoms with E-state index >= 15 is 0 Å². The molecule has 0 atom stereocenters. The molecule has 3 aliphatic heterocycles. The lowest BCUT2D eigenvalue weighted by molar-refractivity contribution is -0.0494. The standard InChI is InChI=1S/C18H24BF2NO3.C13H17BO4.C6H10F2.ClH/c1-16(2)17(3,4)25-19(24-16)14-7-5-13(6-8-14)15(23)22-11-9-18(20,21)10-12-22;1-12(2)13(3,4)18-14(17-12)10-7-5-9(6-8-10)11(15)16;7-6(8)4-2-1-3-5-6;/h5-8H,9-12H2,1-4H3;5-8H,1-4H3,(H,15,16);1-5H2;1H. The van der Waals surface area contributed by atoms with Crippen LogP contribution >= 0.6 is 12.4 Å². The summed E-state index contributed by atoms with van der Waals surface area (Å²) in [6, 6.07) is 13.6. The van der Waals surface area contributed by atoms with E-state index in [1.54, 1.807) is 48.5 Å². The van der Waals surface area contributed by atoms with Crippen LogP contribution in [0.1, 0.15) is 121 Å². The zero-order valence-corrected chi connectivity index (χ0v) is 32.2. The molecule has 0 unspecified atom stereocenters. The summed E-state index contributed by atoms with van der Waals surface area (Å²) < 4.78 is 74.6. The minimum absolute atomic E-state index is 0. The van der Waals surface area contributed by atoms with E-state index in [1.165, 1.54) is 4.90 Å². The predicted molar refractivity (Wildman–Crippen MR) is 197 cm³/mol. The summed E-state index contributed by atoms with van der Waals surface area (Å²) >= 11 is 0. The second-order valence-corrected chi connectivity index (χ2v) is 15.8. The molecule has 1 amide bonds. The molecule has 3 heterocycles. The average molecular weight is 756 g/mol. The smallest absolute Gasteiger partial charge is 0.478 e. The molecule has 4 fully saturated rings. The largest absolute Gasteiger partial charge is 0.494 e. The lowest BCUT2D eigenvalue weighted by atomic mass is 9.79. The van der Waals surface area contributed by atoms with Gasteiger partial charge in [-0.3, -0.25) is 4.79 Å². The lowest BCUT2D eigenvalue weighted by Gasteiger charge is -2.32. The van der Waals surface area contributed by atoms with Crippen molar-refractivity contribution in [1.29, 1.82) is 0 Å². The van der Waals surface area contributed by atoms with Crippen LogP contribution in [0.3, 0.4) is 0 Å². The molecule has 2 aromatic carbocycles. The number of carbonyl (C=O) groups is 2. The predicted octanol–water partition coefficient (Wildman–Crippen LogP) is 7.55. The number of rotatable bonds is 4. The second-order valence-electron chi connectivity index (χ2n) is 15.8. The molecule has 0 radical (unpaired) electrons. The Labute approximate surface area is 312 Å². The van der Waals surface area contributed by atoms with E-state index in [4.69, 9.17) is 23.7 Å². The third kappa shape index (κ3) is 10.7. The van der Waals surface area contributed by atoms with Crippen molar-refractivity contribution in [2.24, 2.45) is 0 Å². The maximum absolute atomic E-state index is 13.2. The average Bonchev–Trinajstić information content (AvgIpc) is 3.40. The van der Waals surface area contributed by atoms with Gasteiger partial charge in [0.1, 0.15) is 0 Å². The zero-order chi connectivity index (χ0) is 38.0. The number of carbonyl (C=O) groups excluding carboxylic acids is 1. The summed E-state index contributed by atoms with van der Waals surface area (Å²) in [4.78, 5) is 24.7. The van der Waals surface area contributed by atoms with E-state index in [-0.39, 0.29) is 73.9 Å². The molecule has 6 rings (SSSR count). The molecule has 0 spiro atoms. The number of hydrogen-bond acceptors (Lipinski definition) is 6. The van der Waals surface area contributed by atoms with E-state index in [0.29, 0.717) is 18.4 Å². The Morgan fingerprint density at radius 3 is 1.21 bits per heavy atom. The van der Waals surface area contributed by atoms with E-state index in [2.05, 4.69) is 0 Å². The Balaban J connectivity index is 0.000000235. The van der Waals surface area contributed by atoms with Crippen LogP contribution in [0, 0.1) is 0 Å². The first-order chi connectivity index (χ1) is 23.4. The van der Waals surface area contributed by atoms with Gasteiger partial charge in [0.05, 0.1) is 28.0 Å². The molecule has 0 bridgehead atoms. The normalized spacial score (nSPS) is 23.3. The summed E-state index contributed by atoms with van der Waals surface area (Å²) in [5.74, 6) is -6.12. The highest BCUT2D eigenvalue weighted by Crippen LogP contribution is 2.38. The molecular weight excluding hydrogens is 703 g/mol. The van der Waals surface area contributed by atoms with E-state index < -0.39 is 43.3 Å². The van der Waals surface area contributed by atoms with Crippen molar-refractivity contribution < 1.29 is 50.9 Å². The fourth-order valence-electron chi connectivity index (χ4n) is 5.81. The summed E-state index contributed by atoms with van der Waals surface area (Å²) in [6.07, 6.45) is 2.12. The van der Waals surface area contributed by atoms with Gasteiger partial charge in [-0.2, -0.15) is 0 Å². The molecule has 1 aliphatic carbocycles. The van der Waals surface area contributed by atoms with E-state index in [0.717, 1.165) is 17.3 Å². The van der Waals surface area contributed by atoms with Crippen LogP contribution in [0.25, 0.3) is 0 Å². The van der Waals surface area contributed by atoms with Crippen molar-refractivity contribution in [2.45, 2.75) is 135 Å². The number of amides is 1. The van der Waals surface area contributed by atoms with Crippen LogP contribution in [-0.4, -0.2) is 83.5 Å². The first-order valence-electron chi connectivity index (χ1n) is 17.6. The first-order valence-corrected chi connectivity index (χ1v) is 17.6. The van der Waals surface area contributed by atoms with Crippen LogP contribution in [0.15, 0.2) is 48.5 Å². The topological polar surface area (TPSA) is 94.5 Å². The number of carboxylic acid groups (broad SMARTS) is 1. The number of piperidine rings is 1. The van der Waals surface area contributed by atoms with Crippen molar-refractivity contribution >= 4 is 49.4 Å². The van der Waals surface area contributed by atoms with Crippen LogP contribution in [0.5, 0.6) is 0 Å². The SMILES string of the molecule is CC1(C)OB(c2ccc(C(=O)N3CCC(F)(F)CC3)cc2)OC1(C)C.CC1(C)OB(c2ccc(C(=O)O)cc2)OC1(C)C.Cl.FC1(F)CCCCC1. The molecule has 1 saturated carbocycles. The van der Waals surface area contributed by atoms with Crippen molar-refractivity contribution in [2.75, 3.05) is 13.1 Å². The van der Waals surface area contributed by atoms with Crippen LogP contribution in [0.4, 0.5) is 17.6 Å². The number of benzene rings is 2. The molecule has 0 aromatic heterocycles. The van der Waals surface area contributed by atoms with Gasteiger partial charge in [-0.05, 0) is 103 Å². The third-order valence-electron chi connectivity index (χ3n) is 10.7. The molecule has 8 nitrogen and oxygen atoms in total. The quantitative estimate of drug-likeness (QED) is 0.255. The molecule has 3 saturated heterocycles. The number of halogens is 5. The monoisotopic (exact) mass is 755 g/mol. The second kappa shape index (κ2) is 16.4. The first kappa shape index (κ1) is 43.8. The summed E-state index contributed by atoms with van der Waals surface area (Å²) in [6.45, 7) is 16.0.